The van der Waals surface area contributed by atoms with Crippen LogP contribution in [0.4, 0.5) is 5.69 Å². The highest BCUT2D eigenvalue weighted by Gasteiger charge is 2.22. The number of aryl methyl sites for hydroxylation is 1. The molecule has 1 aliphatic rings. The van der Waals surface area contributed by atoms with Gasteiger partial charge in [-0.15, -0.1) is 0 Å². The number of benzene rings is 1. The van der Waals surface area contributed by atoms with Gasteiger partial charge in [0, 0.05) is 70.5 Å². The predicted molar refractivity (Wildman–Crippen MR) is 127 cm³/mol. The van der Waals surface area contributed by atoms with Crippen molar-refractivity contribution in [3.05, 3.63) is 66.1 Å². The van der Waals surface area contributed by atoms with Gasteiger partial charge in [-0.2, -0.15) is 5.10 Å². The third kappa shape index (κ3) is 5.53. The largest absolute Gasteiger partial charge is 0.378 e. The molecule has 0 bridgehead atoms. The van der Waals surface area contributed by atoms with Crippen LogP contribution in [0, 0.1) is 0 Å². The fraction of sp³-hybridized carbons (Fsp3) is 0.400. The zero-order valence-corrected chi connectivity index (χ0v) is 19.2. The van der Waals surface area contributed by atoms with Crippen molar-refractivity contribution in [2.75, 3.05) is 32.1 Å². The minimum absolute atomic E-state index is 0.105. The number of hydrogen-bond acceptors (Lipinski definition) is 5. The van der Waals surface area contributed by atoms with Gasteiger partial charge in [0.15, 0.2) is 0 Å². The highest BCUT2D eigenvalue weighted by atomic mass is 16.1. The zero-order chi connectivity index (χ0) is 22.5. The lowest BCUT2D eigenvalue weighted by molar-refractivity contribution is -0.121. The number of nitrogens with one attached hydrogen (secondary N) is 1. The molecule has 1 N–H and O–H groups in total. The fourth-order valence-corrected chi connectivity index (χ4v) is 4.15. The van der Waals surface area contributed by atoms with Gasteiger partial charge in [-0.3, -0.25) is 19.4 Å². The number of carbonyl (C=O) groups excluding carboxylic acids is 1. The van der Waals surface area contributed by atoms with Crippen LogP contribution in [0.1, 0.15) is 24.1 Å². The van der Waals surface area contributed by atoms with Crippen molar-refractivity contribution >= 4 is 11.6 Å². The van der Waals surface area contributed by atoms with E-state index in [0.717, 1.165) is 55.0 Å². The Labute approximate surface area is 190 Å². The molecule has 1 aromatic carbocycles. The van der Waals surface area contributed by atoms with E-state index in [0.29, 0.717) is 6.42 Å². The van der Waals surface area contributed by atoms with Crippen molar-refractivity contribution in [1.29, 1.82) is 0 Å². The van der Waals surface area contributed by atoms with Gasteiger partial charge in [-0.25, -0.2) is 0 Å². The molecule has 0 aliphatic carbocycles. The number of nitrogens with zero attached hydrogens (tertiary/aromatic N) is 5. The number of carbonyl (C=O) groups is 1. The highest BCUT2D eigenvalue weighted by Crippen LogP contribution is 2.20. The van der Waals surface area contributed by atoms with E-state index < -0.39 is 0 Å². The van der Waals surface area contributed by atoms with Crippen molar-refractivity contribution in [3.63, 3.8) is 0 Å². The van der Waals surface area contributed by atoms with Gasteiger partial charge in [-0.05, 0) is 48.7 Å². The topological polar surface area (TPSA) is 66.3 Å². The SMILES string of the molecule is CN(C)c1ccc(CC(=O)NC2CCN(Cc3cc(-c4cccnc4)nn3C)CC2)cc1. The number of anilines is 1. The third-order valence-electron chi connectivity index (χ3n) is 6.09. The summed E-state index contributed by atoms with van der Waals surface area (Å²) < 4.78 is 1.96. The number of aromatic nitrogens is 3. The van der Waals surface area contributed by atoms with E-state index in [1.54, 1.807) is 6.20 Å². The second kappa shape index (κ2) is 9.96. The summed E-state index contributed by atoms with van der Waals surface area (Å²) in [5.41, 5.74) is 5.37. The molecular weight excluding hydrogens is 400 g/mol. The Hall–Kier alpha value is -3.19. The minimum Gasteiger partial charge on any atom is -0.378 e. The van der Waals surface area contributed by atoms with Crippen molar-refractivity contribution in [2.24, 2.45) is 7.05 Å². The summed E-state index contributed by atoms with van der Waals surface area (Å²) >= 11 is 0. The maximum absolute atomic E-state index is 12.5. The summed E-state index contributed by atoms with van der Waals surface area (Å²) in [7, 11) is 6.03. The number of rotatable bonds is 7. The van der Waals surface area contributed by atoms with Crippen LogP contribution in [0.5, 0.6) is 0 Å². The van der Waals surface area contributed by atoms with Gasteiger partial charge < -0.3 is 10.2 Å². The van der Waals surface area contributed by atoms with Crippen molar-refractivity contribution < 1.29 is 4.79 Å². The molecule has 1 fully saturated rings. The summed E-state index contributed by atoms with van der Waals surface area (Å²) in [6, 6.07) is 14.5. The van der Waals surface area contributed by atoms with E-state index in [1.165, 1.54) is 5.69 Å². The van der Waals surface area contributed by atoms with Gasteiger partial charge in [0.2, 0.25) is 5.91 Å². The van der Waals surface area contributed by atoms with Crippen LogP contribution in [0.25, 0.3) is 11.3 Å². The van der Waals surface area contributed by atoms with E-state index >= 15 is 0 Å². The second-order valence-electron chi connectivity index (χ2n) is 8.74. The maximum Gasteiger partial charge on any atom is 0.224 e. The molecule has 3 heterocycles. The molecule has 2 aromatic heterocycles. The third-order valence-corrected chi connectivity index (χ3v) is 6.09. The molecule has 7 nitrogen and oxygen atoms in total. The molecule has 0 saturated carbocycles. The summed E-state index contributed by atoms with van der Waals surface area (Å²) in [6.07, 6.45) is 5.99. The van der Waals surface area contributed by atoms with Gasteiger partial charge >= 0.3 is 0 Å². The molecular formula is C25H32N6O. The minimum atomic E-state index is 0.105. The number of amides is 1. The summed E-state index contributed by atoms with van der Waals surface area (Å²) in [6.45, 7) is 2.80. The molecule has 1 amide bonds. The lowest BCUT2D eigenvalue weighted by atomic mass is 10.0. The zero-order valence-electron chi connectivity index (χ0n) is 19.2. The molecule has 3 aromatic rings. The Kier molecular flexibility index (Phi) is 6.85. The molecule has 0 unspecified atom stereocenters. The van der Waals surface area contributed by atoms with Gasteiger partial charge in [0.25, 0.3) is 0 Å². The summed E-state index contributed by atoms with van der Waals surface area (Å²) in [4.78, 5) is 21.2. The molecule has 0 atom stereocenters. The van der Waals surface area contributed by atoms with E-state index in [-0.39, 0.29) is 11.9 Å². The first-order valence-electron chi connectivity index (χ1n) is 11.2. The first-order chi connectivity index (χ1) is 15.5. The summed E-state index contributed by atoms with van der Waals surface area (Å²) in [5.74, 6) is 0.105. The number of pyridine rings is 1. The molecule has 168 valence electrons. The Bertz CT molecular complexity index is 1020. The highest BCUT2D eigenvalue weighted by molar-refractivity contribution is 5.79. The molecule has 0 radical (unpaired) electrons. The van der Waals surface area contributed by atoms with Crippen LogP contribution in [0.15, 0.2) is 54.9 Å². The second-order valence-corrected chi connectivity index (χ2v) is 8.74. The van der Waals surface area contributed by atoms with Crippen molar-refractivity contribution in [1.82, 2.24) is 25.0 Å². The number of piperidine rings is 1. The van der Waals surface area contributed by atoms with Crippen molar-refractivity contribution in [3.8, 4) is 11.3 Å². The lowest BCUT2D eigenvalue weighted by Crippen LogP contribution is -2.44. The van der Waals surface area contributed by atoms with E-state index in [4.69, 9.17) is 0 Å². The fourth-order valence-electron chi connectivity index (χ4n) is 4.15. The number of likely N-dealkylation sites (tertiary alicyclic amines) is 1. The normalized spacial score (nSPS) is 15.0. The van der Waals surface area contributed by atoms with Crippen LogP contribution in [0.2, 0.25) is 0 Å². The molecule has 1 aliphatic heterocycles. The molecule has 7 heteroatoms. The van der Waals surface area contributed by atoms with Gasteiger partial charge in [0.1, 0.15) is 0 Å². The van der Waals surface area contributed by atoms with E-state index in [1.807, 2.05) is 56.3 Å². The smallest absolute Gasteiger partial charge is 0.224 e. The molecule has 0 spiro atoms. The summed E-state index contributed by atoms with van der Waals surface area (Å²) in [5, 5.41) is 7.87. The average molecular weight is 433 g/mol. The van der Waals surface area contributed by atoms with Crippen LogP contribution in [-0.2, 0) is 24.8 Å². The maximum atomic E-state index is 12.5. The molecule has 1 saturated heterocycles. The predicted octanol–water partition coefficient (Wildman–Crippen LogP) is 2.87. The molecule has 4 rings (SSSR count). The Morgan fingerprint density at radius 3 is 2.56 bits per heavy atom. The average Bonchev–Trinajstić information content (AvgIpc) is 3.16. The molecule has 32 heavy (non-hydrogen) atoms. The van der Waals surface area contributed by atoms with Gasteiger partial charge in [-0.1, -0.05) is 12.1 Å². The van der Waals surface area contributed by atoms with Crippen LogP contribution in [0.3, 0.4) is 0 Å². The number of hydrogen-bond donors (Lipinski definition) is 1. The monoisotopic (exact) mass is 432 g/mol. The Balaban J connectivity index is 1.25. The lowest BCUT2D eigenvalue weighted by Gasteiger charge is -2.32. The standard InChI is InChI=1S/C25H32N6O/c1-29(2)22-8-6-19(7-9-22)15-25(32)27-21-10-13-31(14-11-21)18-23-16-24(28-30(23)3)20-5-4-12-26-17-20/h4-9,12,16-17,21H,10-11,13-15,18H2,1-3H3,(H,27,32). The quantitative estimate of drug-likeness (QED) is 0.622. The van der Waals surface area contributed by atoms with Crippen molar-refractivity contribution in [2.45, 2.75) is 31.8 Å². The van der Waals surface area contributed by atoms with E-state index in [9.17, 15) is 4.79 Å². The Morgan fingerprint density at radius 2 is 1.91 bits per heavy atom. The first-order valence-corrected chi connectivity index (χ1v) is 11.2. The van der Waals surface area contributed by atoms with Crippen LogP contribution < -0.4 is 10.2 Å². The van der Waals surface area contributed by atoms with Gasteiger partial charge in [0.05, 0.1) is 17.8 Å². The Morgan fingerprint density at radius 1 is 1.16 bits per heavy atom. The van der Waals surface area contributed by atoms with Crippen LogP contribution in [-0.4, -0.2) is 58.8 Å². The van der Waals surface area contributed by atoms with Crippen LogP contribution >= 0.6 is 0 Å². The first kappa shape index (κ1) is 22.0. The van der Waals surface area contributed by atoms with E-state index in [2.05, 4.69) is 43.4 Å².